The maximum Gasteiger partial charge on any atom is 0.405 e. The first-order valence-electron chi connectivity index (χ1n) is 8.70. The average molecular weight is 345 g/mol. The van der Waals surface area contributed by atoms with Crippen LogP contribution in [-0.2, 0) is 16.0 Å². The van der Waals surface area contributed by atoms with E-state index < -0.39 is 12.1 Å². The van der Waals surface area contributed by atoms with Crippen LogP contribution in [0.3, 0.4) is 0 Å². The fourth-order valence-corrected chi connectivity index (χ4v) is 3.70. The van der Waals surface area contributed by atoms with Crippen molar-refractivity contribution in [2.24, 2.45) is 0 Å². The van der Waals surface area contributed by atoms with Gasteiger partial charge in [0.1, 0.15) is 6.04 Å². The summed E-state index contributed by atoms with van der Waals surface area (Å²) in [5, 5.41) is 14.1. The molecule has 3 rings (SSSR count). The molecule has 2 atom stereocenters. The Hall–Kier alpha value is -2.57. The summed E-state index contributed by atoms with van der Waals surface area (Å²) in [5.74, 6) is -0.529. The van der Waals surface area contributed by atoms with Gasteiger partial charge in [-0.3, -0.25) is 9.59 Å². The Morgan fingerprint density at radius 3 is 2.68 bits per heavy atom. The van der Waals surface area contributed by atoms with E-state index in [-0.39, 0.29) is 24.4 Å². The smallest absolute Gasteiger partial charge is 0.405 e. The van der Waals surface area contributed by atoms with Crippen molar-refractivity contribution in [3.8, 4) is 0 Å². The van der Waals surface area contributed by atoms with Crippen LogP contribution in [-0.4, -0.2) is 47.0 Å². The van der Waals surface area contributed by atoms with Gasteiger partial charge in [-0.25, -0.2) is 4.79 Å². The summed E-state index contributed by atoms with van der Waals surface area (Å²) in [6.45, 7) is 0.445. The molecule has 1 heterocycles. The Balaban J connectivity index is 1.59. The van der Waals surface area contributed by atoms with Crippen LogP contribution in [0.5, 0.6) is 0 Å². The van der Waals surface area contributed by atoms with E-state index in [0.29, 0.717) is 19.4 Å². The number of nitrogens with one attached hydrogen (secondary N) is 2. The highest BCUT2D eigenvalue weighted by Gasteiger charge is 2.31. The zero-order valence-corrected chi connectivity index (χ0v) is 14.0. The Morgan fingerprint density at radius 1 is 1.12 bits per heavy atom. The number of aryl methyl sites for hydroxylation is 1. The monoisotopic (exact) mass is 345 g/mol. The van der Waals surface area contributed by atoms with Gasteiger partial charge < -0.3 is 20.6 Å². The second kappa shape index (κ2) is 7.55. The number of carbonyl (C=O) groups excluding carboxylic acids is 2. The summed E-state index contributed by atoms with van der Waals surface area (Å²) >= 11 is 0. The molecular weight excluding hydrogens is 322 g/mol. The molecule has 3 amide bonds. The SMILES string of the molecule is O=C(O)NC1CCCN(CC(=O)NC2CCCc3ccccc32)C1=O. The first-order chi connectivity index (χ1) is 12.0. The van der Waals surface area contributed by atoms with Gasteiger partial charge in [-0.1, -0.05) is 24.3 Å². The lowest BCUT2D eigenvalue weighted by Crippen LogP contribution is -2.54. The van der Waals surface area contributed by atoms with Gasteiger partial charge in [-0.2, -0.15) is 0 Å². The zero-order valence-electron chi connectivity index (χ0n) is 14.0. The zero-order chi connectivity index (χ0) is 17.8. The number of amides is 3. The third kappa shape index (κ3) is 4.10. The summed E-state index contributed by atoms with van der Waals surface area (Å²) in [7, 11) is 0. The fraction of sp³-hybridized carbons (Fsp3) is 0.500. The van der Waals surface area contributed by atoms with Crippen LogP contribution in [0.25, 0.3) is 0 Å². The number of carboxylic acid groups (broad SMARTS) is 1. The van der Waals surface area contributed by atoms with Gasteiger partial charge in [0.25, 0.3) is 0 Å². The summed E-state index contributed by atoms with van der Waals surface area (Å²) in [5.41, 5.74) is 2.41. The second-order valence-corrected chi connectivity index (χ2v) is 6.62. The normalized spacial score (nSPS) is 22.9. The second-order valence-electron chi connectivity index (χ2n) is 6.62. The van der Waals surface area contributed by atoms with Crippen molar-refractivity contribution in [1.29, 1.82) is 0 Å². The minimum atomic E-state index is -1.22. The molecular formula is C18H23N3O4. The Kier molecular flexibility index (Phi) is 5.21. The van der Waals surface area contributed by atoms with E-state index in [4.69, 9.17) is 5.11 Å². The minimum Gasteiger partial charge on any atom is -0.465 e. The van der Waals surface area contributed by atoms with Crippen LogP contribution >= 0.6 is 0 Å². The molecule has 25 heavy (non-hydrogen) atoms. The number of piperidine rings is 1. The number of hydrogen-bond acceptors (Lipinski definition) is 3. The highest BCUT2D eigenvalue weighted by Crippen LogP contribution is 2.29. The Morgan fingerprint density at radius 2 is 1.88 bits per heavy atom. The van der Waals surface area contributed by atoms with Crippen LogP contribution in [0.2, 0.25) is 0 Å². The van der Waals surface area contributed by atoms with Crippen molar-refractivity contribution in [3.63, 3.8) is 0 Å². The van der Waals surface area contributed by atoms with E-state index >= 15 is 0 Å². The van der Waals surface area contributed by atoms with Gasteiger partial charge in [-0.05, 0) is 43.2 Å². The van der Waals surface area contributed by atoms with E-state index in [9.17, 15) is 14.4 Å². The molecule has 1 aliphatic heterocycles. The summed E-state index contributed by atoms with van der Waals surface area (Å²) < 4.78 is 0. The molecule has 7 nitrogen and oxygen atoms in total. The average Bonchev–Trinajstić information content (AvgIpc) is 2.58. The van der Waals surface area contributed by atoms with Crippen molar-refractivity contribution in [3.05, 3.63) is 35.4 Å². The van der Waals surface area contributed by atoms with E-state index in [1.807, 2.05) is 18.2 Å². The maximum absolute atomic E-state index is 12.4. The van der Waals surface area contributed by atoms with Gasteiger partial charge in [0.15, 0.2) is 0 Å². The molecule has 1 aromatic rings. The van der Waals surface area contributed by atoms with E-state index in [0.717, 1.165) is 24.8 Å². The first kappa shape index (κ1) is 17.3. The van der Waals surface area contributed by atoms with E-state index in [1.165, 1.54) is 10.5 Å². The molecule has 2 aliphatic rings. The molecule has 2 unspecified atom stereocenters. The molecule has 0 radical (unpaired) electrons. The summed E-state index contributed by atoms with van der Waals surface area (Å²) in [6, 6.07) is 7.33. The van der Waals surface area contributed by atoms with Crippen molar-refractivity contribution in [1.82, 2.24) is 15.5 Å². The van der Waals surface area contributed by atoms with Crippen LogP contribution < -0.4 is 10.6 Å². The van der Waals surface area contributed by atoms with E-state index in [1.54, 1.807) is 0 Å². The standard InChI is InChI=1S/C18H23N3O4/c22-16(11-21-10-4-9-15(17(21)23)20-18(24)25)19-14-8-3-6-12-5-1-2-7-13(12)14/h1-2,5,7,14-15,20H,3-4,6,8-11H2,(H,19,22)(H,24,25). The number of carbonyl (C=O) groups is 3. The number of rotatable bonds is 4. The fourth-order valence-electron chi connectivity index (χ4n) is 3.70. The van der Waals surface area contributed by atoms with Crippen molar-refractivity contribution < 1.29 is 19.5 Å². The molecule has 0 saturated carbocycles. The quantitative estimate of drug-likeness (QED) is 0.769. The van der Waals surface area contributed by atoms with Gasteiger partial charge in [0.2, 0.25) is 11.8 Å². The van der Waals surface area contributed by atoms with Gasteiger partial charge in [-0.15, -0.1) is 0 Å². The topological polar surface area (TPSA) is 98.7 Å². The number of nitrogens with zero attached hydrogens (tertiary/aromatic N) is 1. The highest BCUT2D eigenvalue weighted by atomic mass is 16.4. The number of fused-ring (bicyclic) bond motifs is 1. The molecule has 0 spiro atoms. The molecule has 3 N–H and O–H groups in total. The van der Waals surface area contributed by atoms with Gasteiger partial charge in [0, 0.05) is 6.54 Å². The van der Waals surface area contributed by atoms with Crippen molar-refractivity contribution in [2.75, 3.05) is 13.1 Å². The van der Waals surface area contributed by atoms with Crippen molar-refractivity contribution >= 4 is 17.9 Å². The molecule has 0 bridgehead atoms. The molecule has 1 fully saturated rings. The van der Waals surface area contributed by atoms with E-state index in [2.05, 4.69) is 16.7 Å². The van der Waals surface area contributed by atoms with Crippen LogP contribution in [0, 0.1) is 0 Å². The lowest BCUT2D eigenvalue weighted by molar-refractivity contribution is -0.140. The summed E-state index contributed by atoms with van der Waals surface area (Å²) in [4.78, 5) is 36.9. The van der Waals surface area contributed by atoms with Crippen LogP contribution in [0.15, 0.2) is 24.3 Å². The predicted octanol–water partition coefficient (Wildman–Crippen LogP) is 1.44. The molecule has 134 valence electrons. The Labute approximate surface area is 146 Å². The molecule has 0 aromatic heterocycles. The third-order valence-electron chi connectivity index (χ3n) is 4.87. The first-order valence-corrected chi connectivity index (χ1v) is 8.70. The molecule has 1 aliphatic carbocycles. The third-order valence-corrected chi connectivity index (χ3v) is 4.87. The van der Waals surface area contributed by atoms with Gasteiger partial charge >= 0.3 is 6.09 Å². The number of hydrogen-bond donors (Lipinski definition) is 3. The minimum absolute atomic E-state index is 0.0229. The maximum atomic E-state index is 12.4. The predicted molar refractivity (Wildman–Crippen MR) is 91.0 cm³/mol. The number of likely N-dealkylation sites (tertiary alicyclic amines) is 1. The number of benzene rings is 1. The van der Waals surface area contributed by atoms with Crippen LogP contribution in [0.4, 0.5) is 4.79 Å². The Bertz CT molecular complexity index is 676. The summed E-state index contributed by atoms with van der Waals surface area (Å²) in [6.07, 6.45) is 2.86. The van der Waals surface area contributed by atoms with Gasteiger partial charge in [0.05, 0.1) is 12.6 Å². The van der Waals surface area contributed by atoms with Crippen LogP contribution in [0.1, 0.15) is 42.9 Å². The van der Waals surface area contributed by atoms with Crippen molar-refractivity contribution in [2.45, 2.75) is 44.2 Å². The molecule has 1 aromatic carbocycles. The lowest BCUT2D eigenvalue weighted by Gasteiger charge is -2.32. The highest BCUT2D eigenvalue weighted by molar-refractivity contribution is 5.90. The lowest BCUT2D eigenvalue weighted by atomic mass is 9.88. The largest absolute Gasteiger partial charge is 0.465 e. The molecule has 7 heteroatoms. The molecule has 1 saturated heterocycles.